The predicted molar refractivity (Wildman–Crippen MR) is 82.4 cm³/mol. The molecule has 20 heavy (non-hydrogen) atoms. The molecule has 0 spiro atoms. The van der Waals surface area contributed by atoms with Crippen LogP contribution >= 0.6 is 0 Å². The number of hydrogen-bond donors (Lipinski definition) is 1. The lowest BCUT2D eigenvalue weighted by molar-refractivity contribution is -0.134. The van der Waals surface area contributed by atoms with Crippen LogP contribution in [0.1, 0.15) is 56.2 Å². The molecule has 1 aromatic carbocycles. The number of nitrogens with two attached hydrogens (primary N) is 1. The molecule has 0 unspecified atom stereocenters. The number of amides is 1. The minimum absolute atomic E-state index is 0.0682. The van der Waals surface area contributed by atoms with Gasteiger partial charge in [-0.15, -0.1) is 0 Å². The van der Waals surface area contributed by atoms with Gasteiger partial charge in [-0.25, -0.2) is 0 Å². The Labute approximate surface area is 122 Å². The Kier molecular flexibility index (Phi) is 5.60. The number of carbonyl (C=O) groups is 1. The van der Waals surface area contributed by atoms with Gasteiger partial charge in [-0.3, -0.25) is 4.79 Å². The summed E-state index contributed by atoms with van der Waals surface area (Å²) in [7, 11) is 0. The number of rotatable bonds is 6. The second-order valence-corrected chi connectivity index (χ2v) is 5.60. The first kappa shape index (κ1) is 15.0. The predicted octanol–water partition coefficient (Wildman–Crippen LogP) is 3.04. The first-order valence-corrected chi connectivity index (χ1v) is 7.85. The Morgan fingerprint density at radius 3 is 2.85 bits per heavy atom. The quantitative estimate of drug-likeness (QED) is 0.810. The van der Waals surface area contributed by atoms with Crippen LogP contribution in [0.2, 0.25) is 0 Å². The molecule has 3 heteroatoms. The largest absolute Gasteiger partial charge is 0.334 e. The van der Waals surface area contributed by atoms with E-state index in [1.807, 2.05) is 11.0 Å². The first-order chi connectivity index (χ1) is 9.77. The molecule has 2 rings (SSSR count). The fourth-order valence-corrected chi connectivity index (χ4v) is 3.05. The van der Waals surface area contributed by atoms with Crippen LogP contribution in [0.25, 0.3) is 0 Å². The molecule has 0 radical (unpaired) electrons. The van der Waals surface area contributed by atoms with Gasteiger partial charge in [0.1, 0.15) is 0 Å². The molecule has 0 aromatic heterocycles. The molecule has 2 N–H and O–H groups in total. The summed E-state index contributed by atoms with van der Waals surface area (Å²) in [4.78, 5) is 14.4. The zero-order valence-corrected chi connectivity index (χ0v) is 12.5. The van der Waals surface area contributed by atoms with E-state index < -0.39 is 0 Å². The summed E-state index contributed by atoms with van der Waals surface area (Å²) in [5, 5.41) is 0. The van der Waals surface area contributed by atoms with Gasteiger partial charge in [0, 0.05) is 19.5 Å². The number of hydrogen-bond acceptors (Lipinski definition) is 2. The molecule has 0 saturated carbocycles. The van der Waals surface area contributed by atoms with Crippen LogP contribution in [0.15, 0.2) is 24.3 Å². The Balaban J connectivity index is 2.00. The van der Waals surface area contributed by atoms with Crippen molar-refractivity contribution in [3.8, 4) is 0 Å². The summed E-state index contributed by atoms with van der Waals surface area (Å²) in [6, 6.07) is 8.44. The standard InChI is InChI=1S/C17H26N2O/c1-2-3-4-5-10-17(20)19-12-11-14-8-6-7-9-15(14)16(19)13-18/h6-9,16H,2-5,10-13,18H2,1H3/t16-/m1/s1. The van der Waals surface area contributed by atoms with Gasteiger partial charge in [-0.05, 0) is 24.0 Å². The Bertz CT molecular complexity index is 444. The van der Waals surface area contributed by atoms with E-state index in [2.05, 4.69) is 25.1 Å². The van der Waals surface area contributed by atoms with Gasteiger partial charge in [0.05, 0.1) is 6.04 Å². The summed E-state index contributed by atoms with van der Waals surface area (Å²) in [6.45, 7) is 3.51. The van der Waals surface area contributed by atoms with Crippen molar-refractivity contribution in [3.05, 3.63) is 35.4 Å². The fraction of sp³-hybridized carbons (Fsp3) is 0.588. The molecule has 1 aliphatic heterocycles. The van der Waals surface area contributed by atoms with E-state index in [9.17, 15) is 4.79 Å². The molecular weight excluding hydrogens is 248 g/mol. The van der Waals surface area contributed by atoms with Gasteiger partial charge in [0.2, 0.25) is 5.91 Å². The number of benzene rings is 1. The van der Waals surface area contributed by atoms with Crippen molar-refractivity contribution in [2.45, 2.75) is 51.5 Å². The van der Waals surface area contributed by atoms with Crippen LogP contribution in [0.3, 0.4) is 0 Å². The van der Waals surface area contributed by atoms with Gasteiger partial charge in [-0.2, -0.15) is 0 Å². The van der Waals surface area contributed by atoms with Crippen LogP contribution in [-0.4, -0.2) is 23.9 Å². The molecular formula is C17H26N2O. The summed E-state index contributed by atoms with van der Waals surface area (Å²) in [5.74, 6) is 0.269. The third kappa shape index (κ3) is 3.40. The molecule has 1 heterocycles. The Morgan fingerprint density at radius 2 is 2.10 bits per heavy atom. The summed E-state index contributed by atoms with van der Waals surface area (Å²) in [5.41, 5.74) is 8.51. The lowest BCUT2D eigenvalue weighted by Crippen LogP contribution is -2.43. The van der Waals surface area contributed by atoms with Crippen molar-refractivity contribution in [2.75, 3.05) is 13.1 Å². The fourth-order valence-electron chi connectivity index (χ4n) is 3.05. The first-order valence-electron chi connectivity index (χ1n) is 7.85. The van der Waals surface area contributed by atoms with Crippen molar-refractivity contribution < 1.29 is 4.79 Å². The summed E-state index contributed by atoms with van der Waals surface area (Å²) >= 11 is 0. The highest BCUT2D eigenvalue weighted by molar-refractivity contribution is 5.77. The third-order valence-corrected chi connectivity index (χ3v) is 4.20. The Morgan fingerprint density at radius 1 is 1.30 bits per heavy atom. The molecule has 1 aromatic rings. The van der Waals surface area contributed by atoms with Crippen LogP contribution in [0, 0.1) is 0 Å². The maximum Gasteiger partial charge on any atom is 0.223 e. The minimum Gasteiger partial charge on any atom is -0.334 e. The van der Waals surface area contributed by atoms with Gasteiger partial charge in [0.25, 0.3) is 0 Å². The van der Waals surface area contributed by atoms with E-state index in [0.717, 1.165) is 25.8 Å². The van der Waals surface area contributed by atoms with Crippen LogP contribution in [-0.2, 0) is 11.2 Å². The second kappa shape index (κ2) is 7.44. The highest BCUT2D eigenvalue weighted by Crippen LogP contribution is 2.29. The topological polar surface area (TPSA) is 46.3 Å². The molecule has 0 bridgehead atoms. The lowest BCUT2D eigenvalue weighted by atomic mass is 9.92. The minimum atomic E-state index is 0.0682. The summed E-state index contributed by atoms with van der Waals surface area (Å²) < 4.78 is 0. The number of fused-ring (bicyclic) bond motifs is 1. The summed E-state index contributed by atoms with van der Waals surface area (Å²) in [6.07, 6.45) is 6.20. The van der Waals surface area contributed by atoms with Crippen LogP contribution < -0.4 is 5.73 Å². The number of unbranched alkanes of at least 4 members (excludes halogenated alkanes) is 3. The molecule has 0 fully saturated rings. The zero-order valence-electron chi connectivity index (χ0n) is 12.5. The highest BCUT2D eigenvalue weighted by atomic mass is 16.2. The molecule has 0 aliphatic carbocycles. The third-order valence-electron chi connectivity index (χ3n) is 4.20. The van der Waals surface area contributed by atoms with Crippen LogP contribution in [0.5, 0.6) is 0 Å². The maximum atomic E-state index is 12.4. The smallest absolute Gasteiger partial charge is 0.223 e. The van der Waals surface area contributed by atoms with E-state index in [0.29, 0.717) is 13.0 Å². The van der Waals surface area contributed by atoms with E-state index in [1.54, 1.807) is 0 Å². The van der Waals surface area contributed by atoms with Gasteiger partial charge < -0.3 is 10.6 Å². The van der Waals surface area contributed by atoms with Gasteiger partial charge in [-0.1, -0.05) is 50.5 Å². The molecule has 1 atom stereocenters. The Hall–Kier alpha value is -1.35. The molecule has 1 aliphatic rings. The molecule has 110 valence electrons. The molecule has 1 amide bonds. The van der Waals surface area contributed by atoms with E-state index >= 15 is 0 Å². The van der Waals surface area contributed by atoms with Crippen molar-refractivity contribution in [1.29, 1.82) is 0 Å². The van der Waals surface area contributed by atoms with E-state index in [-0.39, 0.29) is 11.9 Å². The molecule has 0 saturated heterocycles. The average Bonchev–Trinajstić information content (AvgIpc) is 2.50. The van der Waals surface area contributed by atoms with Gasteiger partial charge in [0.15, 0.2) is 0 Å². The van der Waals surface area contributed by atoms with E-state index in [4.69, 9.17) is 5.73 Å². The van der Waals surface area contributed by atoms with Crippen molar-refractivity contribution >= 4 is 5.91 Å². The van der Waals surface area contributed by atoms with E-state index in [1.165, 1.54) is 24.0 Å². The van der Waals surface area contributed by atoms with Gasteiger partial charge >= 0.3 is 0 Å². The number of nitrogens with zero attached hydrogens (tertiary/aromatic N) is 1. The van der Waals surface area contributed by atoms with Crippen molar-refractivity contribution in [1.82, 2.24) is 4.90 Å². The zero-order chi connectivity index (χ0) is 14.4. The second-order valence-electron chi connectivity index (χ2n) is 5.60. The van der Waals surface area contributed by atoms with Crippen molar-refractivity contribution in [2.24, 2.45) is 5.73 Å². The highest BCUT2D eigenvalue weighted by Gasteiger charge is 2.28. The molecule has 3 nitrogen and oxygen atoms in total. The van der Waals surface area contributed by atoms with Crippen LogP contribution in [0.4, 0.5) is 0 Å². The SMILES string of the molecule is CCCCCCC(=O)N1CCc2ccccc2[C@H]1CN. The monoisotopic (exact) mass is 274 g/mol. The maximum absolute atomic E-state index is 12.4. The van der Waals surface area contributed by atoms with Crippen molar-refractivity contribution in [3.63, 3.8) is 0 Å². The number of carbonyl (C=O) groups excluding carboxylic acids is 1. The normalized spacial score (nSPS) is 17.9. The lowest BCUT2D eigenvalue weighted by Gasteiger charge is -2.37. The average molecular weight is 274 g/mol.